The molecule has 0 aromatic rings. The average molecular weight is 386 g/mol. The van der Waals surface area contributed by atoms with Gasteiger partial charge in [-0.1, -0.05) is 0 Å². The number of amides is 3. The Bertz CT molecular complexity index is 445. The zero-order chi connectivity index (χ0) is 20.7. The summed E-state index contributed by atoms with van der Waals surface area (Å²) in [7, 11) is 0. The van der Waals surface area contributed by atoms with Crippen LogP contribution in [0.2, 0.25) is 0 Å². The summed E-state index contributed by atoms with van der Waals surface area (Å²) in [6.45, 7) is 9.81. The van der Waals surface area contributed by atoms with E-state index in [0.717, 1.165) is 32.1 Å². The molecule has 0 heterocycles. The maximum Gasteiger partial charge on any atom is 0.219 e. The number of carbonyl (C=O) groups is 3. The van der Waals surface area contributed by atoms with Gasteiger partial charge in [-0.05, 0) is 45.2 Å². The zero-order valence-electron chi connectivity index (χ0n) is 17.4. The third-order valence-corrected chi connectivity index (χ3v) is 4.56. The van der Waals surface area contributed by atoms with Gasteiger partial charge in [-0.2, -0.15) is 0 Å². The van der Waals surface area contributed by atoms with Gasteiger partial charge in [0.1, 0.15) is 0 Å². The maximum atomic E-state index is 11.9. The quantitative estimate of drug-likeness (QED) is 0.396. The van der Waals surface area contributed by atoms with Crippen molar-refractivity contribution >= 4 is 17.7 Å². The van der Waals surface area contributed by atoms with E-state index in [1.54, 1.807) is 25.7 Å². The minimum atomic E-state index is 0.0397. The first-order valence-corrected chi connectivity index (χ1v) is 10.00. The molecule has 3 amide bonds. The van der Waals surface area contributed by atoms with E-state index in [4.69, 9.17) is 11.5 Å². The van der Waals surface area contributed by atoms with Crippen molar-refractivity contribution in [3.8, 4) is 0 Å². The molecule has 27 heavy (non-hydrogen) atoms. The van der Waals surface area contributed by atoms with Gasteiger partial charge in [0.15, 0.2) is 0 Å². The predicted octanol–water partition coefficient (Wildman–Crippen LogP) is 0.400. The highest BCUT2D eigenvalue weighted by Gasteiger charge is 2.12. The van der Waals surface area contributed by atoms with Gasteiger partial charge in [0.25, 0.3) is 0 Å². The molecular formula is C19H39N5O3. The SMILES string of the molecule is CC(=O)N(CCCN)CCCCN(CCCN(CCCN)C(C)=O)C(C)=O. The number of hydrogen-bond acceptors (Lipinski definition) is 5. The van der Waals surface area contributed by atoms with Crippen LogP contribution in [0, 0.1) is 0 Å². The van der Waals surface area contributed by atoms with Gasteiger partial charge in [0.2, 0.25) is 17.7 Å². The minimum Gasteiger partial charge on any atom is -0.343 e. The first-order chi connectivity index (χ1) is 12.8. The number of rotatable bonds is 15. The summed E-state index contributed by atoms with van der Waals surface area (Å²) in [5.74, 6) is 0.145. The third kappa shape index (κ3) is 12.4. The molecule has 0 bridgehead atoms. The van der Waals surface area contributed by atoms with Crippen LogP contribution in [0.15, 0.2) is 0 Å². The van der Waals surface area contributed by atoms with Crippen LogP contribution in [-0.2, 0) is 14.4 Å². The van der Waals surface area contributed by atoms with Gasteiger partial charge < -0.3 is 26.2 Å². The van der Waals surface area contributed by atoms with Crippen LogP contribution in [-0.4, -0.2) is 84.8 Å². The summed E-state index contributed by atoms with van der Waals surface area (Å²) in [5.41, 5.74) is 11.0. The molecule has 0 saturated heterocycles. The van der Waals surface area contributed by atoms with Gasteiger partial charge >= 0.3 is 0 Å². The second-order valence-electron chi connectivity index (χ2n) is 6.86. The maximum absolute atomic E-state index is 11.9. The topological polar surface area (TPSA) is 113 Å². The molecule has 8 nitrogen and oxygen atoms in total. The monoisotopic (exact) mass is 385 g/mol. The van der Waals surface area contributed by atoms with E-state index < -0.39 is 0 Å². The van der Waals surface area contributed by atoms with Crippen LogP contribution in [0.5, 0.6) is 0 Å². The third-order valence-electron chi connectivity index (χ3n) is 4.56. The number of unbranched alkanes of at least 4 members (excludes halogenated alkanes) is 1. The zero-order valence-corrected chi connectivity index (χ0v) is 17.4. The lowest BCUT2D eigenvalue weighted by atomic mass is 10.2. The molecule has 0 aliphatic carbocycles. The number of nitrogens with zero attached hydrogens (tertiary/aromatic N) is 3. The van der Waals surface area contributed by atoms with Crippen LogP contribution >= 0.6 is 0 Å². The number of carbonyl (C=O) groups excluding carboxylic acids is 3. The van der Waals surface area contributed by atoms with E-state index in [-0.39, 0.29) is 17.7 Å². The van der Waals surface area contributed by atoms with Crippen LogP contribution in [0.25, 0.3) is 0 Å². The summed E-state index contributed by atoms with van der Waals surface area (Å²) >= 11 is 0. The number of nitrogens with two attached hydrogens (primary N) is 2. The summed E-state index contributed by atoms with van der Waals surface area (Å²) in [5, 5.41) is 0. The lowest BCUT2D eigenvalue weighted by molar-refractivity contribution is -0.131. The van der Waals surface area contributed by atoms with Crippen LogP contribution in [0.3, 0.4) is 0 Å². The molecule has 0 rings (SSSR count). The second-order valence-corrected chi connectivity index (χ2v) is 6.86. The van der Waals surface area contributed by atoms with Crippen molar-refractivity contribution in [2.45, 2.75) is 52.9 Å². The highest BCUT2D eigenvalue weighted by atomic mass is 16.2. The molecule has 0 atom stereocenters. The summed E-state index contributed by atoms with van der Waals surface area (Å²) in [6.07, 6.45) is 4.03. The highest BCUT2D eigenvalue weighted by molar-refractivity contribution is 5.74. The van der Waals surface area contributed by atoms with Crippen molar-refractivity contribution in [3.05, 3.63) is 0 Å². The fraction of sp³-hybridized carbons (Fsp3) is 0.842. The van der Waals surface area contributed by atoms with E-state index in [0.29, 0.717) is 52.4 Å². The standard InChI is InChI=1S/C19H39N5O3/c1-17(25)22(13-6-9-20)11-4-5-12-23(18(2)26)15-8-16-24(19(3)27)14-7-10-21/h4-16,20-21H2,1-3H3. The van der Waals surface area contributed by atoms with Crippen LogP contribution in [0.4, 0.5) is 0 Å². The van der Waals surface area contributed by atoms with Gasteiger partial charge in [0, 0.05) is 60.0 Å². The van der Waals surface area contributed by atoms with E-state index in [1.165, 1.54) is 0 Å². The molecule has 0 aromatic heterocycles. The molecule has 0 aliphatic heterocycles. The van der Waals surface area contributed by atoms with E-state index >= 15 is 0 Å². The van der Waals surface area contributed by atoms with Crippen molar-refractivity contribution < 1.29 is 14.4 Å². The Kier molecular flexibility index (Phi) is 14.4. The lowest BCUT2D eigenvalue weighted by Crippen LogP contribution is -2.36. The summed E-state index contributed by atoms with van der Waals surface area (Å²) in [6, 6.07) is 0. The first kappa shape index (κ1) is 25.3. The Morgan fingerprint density at radius 2 is 0.778 bits per heavy atom. The Hall–Kier alpha value is -1.67. The largest absolute Gasteiger partial charge is 0.343 e. The van der Waals surface area contributed by atoms with Crippen molar-refractivity contribution in [1.82, 2.24) is 14.7 Å². The molecule has 0 fully saturated rings. The lowest BCUT2D eigenvalue weighted by Gasteiger charge is -2.25. The smallest absolute Gasteiger partial charge is 0.219 e. The predicted molar refractivity (Wildman–Crippen MR) is 108 cm³/mol. The van der Waals surface area contributed by atoms with E-state index in [9.17, 15) is 14.4 Å². The Labute approximate surface area is 164 Å². The van der Waals surface area contributed by atoms with Gasteiger partial charge in [-0.3, -0.25) is 14.4 Å². The van der Waals surface area contributed by atoms with Gasteiger partial charge in [-0.25, -0.2) is 0 Å². The minimum absolute atomic E-state index is 0.0397. The Morgan fingerprint density at radius 3 is 1.04 bits per heavy atom. The molecule has 0 spiro atoms. The van der Waals surface area contributed by atoms with Crippen molar-refractivity contribution in [3.63, 3.8) is 0 Å². The van der Waals surface area contributed by atoms with Crippen LogP contribution < -0.4 is 11.5 Å². The van der Waals surface area contributed by atoms with Crippen molar-refractivity contribution in [2.75, 3.05) is 52.4 Å². The highest BCUT2D eigenvalue weighted by Crippen LogP contribution is 2.03. The molecule has 0 saturated carbocycles. The molecule has 0 aromatic carbocycles. The van der Waals surface area contributed by atoms with Crippen LogP contribution in [0.1, 0.15) is 52.9 Å². The van der Waals surface area contributed by atoms with E-state index in [2.05, 4.69) is 0 Å². The average Bonchev–Trinajstić information content (AvgIpc) is 2.61. The summed E-state index contributed by atoms with van der Waals surface area (Å²) < 4.78 is 0. The normalized spacial score (nSPS) is 10.6. The van der Waals surface area contributed by atoms with Crippen molar-refractivity contribution in [2.24, 2.45) is 11.5 Å². The Balaban J connectivity index is 4.24. The summed E-state index contributed by atoms with van der Waals surface area (Å²) in [4.78, 5) is 40.5. The first-order valence-electron chi connectivity index (χ1n) is 10.00. The Morgan fingerprint density at radius 1 is 0.519 bits per heavy atom. The molecule has 0 radical (unpaired) electrons. The molecule has 4 N–H and O–H groups in total. The fourth-order valence-electron chi connectivity index (χ4n) is 2.90. The molecule has 0 aliphatic rings. The van der Waals surface area contributed by atoms with Crippen molar-refractivity contribution in [1.29, 1.82) is 0 Å². The fourth-order valence-corrected chi connectivity index (χ4v) is 2.90. The van der Waals surface area contributed by atoms with Gasteiger partial charge in [0.05, 0.1) is 0 Å². The van der Waals surface area contributed by atoms with E-state index in [1.807, 2.05) is 9.80 Å². The molecule has 158 valence electrons. The molecule has 8 heteroatoms. The molecular weight excluding hydrogens is 346 g/mol. The number of hydrogen-bond donors (Lipinski definition) is 2. The second kappa shape index (κ2) is 15.4. The molecule has 0 unspecified atom stereocenters. The van der Waals surface area contributed by atoms with Gasteiger partial charge in [-0.15, -0.1) is 0 Å².